The van der Waals surface area contributed by atoms with E-state index in [1.54, 1.807) is 0 Å². The van der Waals surface area contributed by atoms with Gasteiger partial charge in [-0.3, -0.25) is 9.59 Å². The molecule has 32 heavy (non-hydrogen) atoms. The van der Waals surface area contributed by atoms with Gasteiger partial charge in [-0.25, -0.2) is 0 Å². The second kappa shape index (κ2) is 10.2. The van der Waals surface area contributed by atoms with Crippen molar-refractivity contribution in [2.45, 2.75) is 136 Å². The first-order valence-electron chi connectivity index (χ1n) is 14.1. The molecule has 0 heterocycles. The lowest BCUT2D eigenvalue weighted by Crippen LogP contribution is -2.54. The molecule has 0 aromatic heterocycles. The Kier molecular flexibility index (Phi) is 7.72. The molecule has 0 aromatic carbocycles. The Morgan fingerprint density at radius 3 is 2.38 bits per heavy atom. The smallest absolute Gasteiger partial charge is 0.306 e. The molecule has 3 nitrogen and oxygen atoms in total. The normalized spacial score (nSPS) is 41.0. The van der Waals surface area contributed by atoms with E-state index in [2.05, 4.69) is 20.8 Å². The van der Waals surface area contributed by atoms with Crippen LogP contribution in [0.25, 0.3) is 0 Å². The number of Topliss-reactive ketones (excluding diaryl/α,β-unsaturated/α-hetero) is 1. The summed E-state index contributed by atoms with van der Waals surface area (Å²) < 4.78 is 6.17. The fourth-order valence-electron chi connectivity index (χ4n) is 8.63. The molecule has 0 spiro atoms. The van der Waals surface area contributed by atoms with Gasteiger partial charge in [0.05, 0.1) is 0 Å². The molecule has 0 aromatic rings. The zero-order valence-electron chi connectivity index (χ0n) is 21.1. The third-order valence-corrected chi connectivity index (χ3v) is 10.7. The molecule has 0 aliphatic heterocycles. The maximum Gasteiger partial charge on any atom is 0.306 e. The number of hydrogen-bond donors (Lipinski definition) is 0. The lowest BCUT2D eigenvalue weighted by atomic mass is 9.45. The second-order valence-corrected chi connectivity index (χ2v) is 12.4. The number of esters is 1. The molecule has 4 rings (SSSR count). The van der Waals surface area contributed by atoms with Crippen molar-refractivity contribution in [3.05, 3.63) is 0 Å². The van der Waals surface area contributed by atoms with Crippen LogP contribution in [0.4, 0.5) is 0 Å². The Balaban J connectivity index is 1.29. The summed E-state index contributed by atoms with van der Waals surface area (Å²) in [5.74, 6) is 3.42. The number of ketones is 1. The van der Waals surface area contributed by atoms with E-state index in [0.29, 0.717) is 29.5 Å². The van der Waals surface area contributed by atoms with Crippen LogP contribution in [-0.2, 0) is 14.3 Å². The van der Waals surface area contributed by atoms with Gasteiger partial charge in [-0.1, -0.05) is 59.3 Å². The molecule has 4 saturated carbocycles. The number of rotatable bonds is 9. The quantitative estimate of drug-likeness (QED) is 0.271. The second-order valence-electron chi connectivity index (χ2n) is 12.4. The molecule has 4 fully saturated rings. The van der Waals surface area contributed by atoms with Crippen LogP contribution in [0.3, 0.4) is 0 Å². The molecule has 182 valence electrons. The Hall–Kier alpha value is -0.860. The van der Waals surface area contributed by atoms with Crippen LogP contribution >= 0.6 is 0 Å². The van der Waals surface area contributed by atoms with Crippen LogP contribution < -0.4 is 0 Å². The summed E-state index contributed by atoms with van der Waals surface area (Å²) in [5, 5.41) is 0. The number of carbonyl (C=O) groups is 2. The number of unbranched alkanes of at least 4 members (excludes halogenated alkanes) is 6. The minimum atomic E-state index is 0.0500. The van der Waals surface area contributed by atoms with Gasteiger partial charge in [0.1, 0.15) is 11.9 Å². The van der Waals surface area contributed by atoms with Crippen molar-refractivity contribution in [1.29, 1.82) is 0 Å². The van der Waals surface area contributed by atoms with Gasteiger partial charge in [-0.15, -0.1) is 0 Å². The van der Waals surface area contributed by atoms with Gasteiger partial charge in [0.2, 0.25) is 0 Å². The van der Waals surface area contributed by atoms with E-state index in [0.717, 1.165) is 50.4 Å². The van der Waals surface area contributed by atoms with E-state index in [-0.39, 0.29) is 17.5 Å². The molecule has 0 radical (unpaired) electrons. The highest BCUT2D eigenvalue weighted by Crippen LogP contribution is 2.66. The molecule has 0 saturated heterocycles. The van der Waals surface area contributed by atoms with Crippen LogP contribution in [0, 0.1) is 34.5 Å². The molecular formula is C29H48O3. The molecule has 0 N–H and O–H groups in total. The van der Waals surface area contributed by atoms with Crippen molar-refractivity contribution >= 4 is 11.8 Å². The highest BCUT2D eigenvalue weighted by Gasteiger charge is 2.61. The number of hydrogen-bond acceptors (Lipinski definition) is 3. The van der Waals surface area contributed by atoms with E-state index in [9.17, 15) is 9.59 Å². The van der Waals surface area contributed by atoms with Crippen molar-refractivity contribution in [2.24, 2.45) is 34.5 Å². The fraction of sp³-hybridized carbons (Fsp3) is 0.931. The summed E-state index contributed by atoms with van der Waals surface area (Å²) >= 11 is 0. The Labute approximate surface area is 196 Å². The summed E-state index contributed by atoms with van der Waals surface area (Å²) in [5.41, 5.74) is 0.536. The van der Waals surface area contributed by atoms with Gasteiger partial charge in [0, 0.05) is 24.7 Å². The predicted octanol–water partition coefficient (Wildman–Crippen LogP) is 7.65. The first-order chi connectivity index (χ1) is 15.4. The number of ether oxygens (including phenoxy) is 1. The van der Waals surface area contributed by atoms with Gasteiger partial charge in [-0.2, -0.15) is 0 Å². The SMILES string of the molecule is CCCCCCCCCC(=O)O[C@H]1CCC2C3CC[C@H]4CC(=O)CC[C@]4(C)C3CC[C@@]21C. The van der Waals surface area contributed by atoms with Gasteiger partial charge in [-0.05, 0) is 80.5 Å². The summed E-state index contributed by atoms with van der Waals surface area (Å²) in [4.78, 5) is 24.8. The van der Waals surface area contributed by atoms with Crippen LogP contribution in [0.2, 0.25) is 0 Å². The van der Waals surface area contributed by atoms with Crippen molar-refractivity contribution in [1.82, 2.24) is 0 Å². The number of fused-ring (bicyclic) bond motifs is 5. The van der Waals surface area contributed by atoms with E-state index >= 15 is 0 Å². The summed E-state index contributed by atoms with van der Waals surface area (Å²) in [6.45, 7) is 7.20. The highest BCUT2D eigenvalue weighted by molar-refractivity contribution is 5.79. The lowest BCUT2D eigenvalue weighted by Gasteiger charge is -2.60. The third-order valence-electron chi connectivity index (χ3n) is 10.7. The highest BCUT2D eigenvalue weighted by atomic mass is 16.5. The predicted molar refractivity (Wildman–Crippen MR) is 129 cm³/mol. The first kappa shape index (κ1) is 24.3. The van der Waals surface area contributed by atoms with E-state index < -0.39 is 0 Å². The molecular weight excluding hydrogens is 396 g/mol. The summed E-state index contributed by atoms with van der Waals surface area (Å²) in [6, 6.07) is 0. The zero-order chi connectivity index (χ0) is 22.8. The molecule has 3 unspecified atom stereocenters. The van der Waals surface area contributed by atoms with E-state index in [1.165, 1.54) is 64.2 Å². The van der Waals surface area contributed by atoms with E-state index in [4.69, 9.17) is 4.74 Å². The largest absolute Gasteiger partial charge is 0.462 e. The molecule has 0 amide bonds. The molecule has 3 heteroatoms. The van der Waals surface area contributed by atoms with Crippen LogP contribution in [-0.4, -0.2) is 17.9 Å². The van der Waals surface area contributed by atoms with Crippen LogP contribution in [0.5, 0.6) is 0 Å². The Morgan fingerprint density at radius 2 is 1.59 bits per heavy atom. The van der Waals surface area contributed by atoms with Crippen LogP contribution in [0.15, 0.2) is 0 Å². The molecule has 7 atom stereocenters. The van der Waals surface area contributed by atoms with Gasteiger partial charge in [0.25, 0.3) is 0 Å². The first-order valence-corrected chi connectivity index (χ1v) is 14.1. The standard InChI is InChI=1S/C29H48O3/c1-4-5-6-7-8-9-10-11-27(31)32-26-15-14-24-23-13-12-21-20-22(30)16-18-28(21,2)25(23)17-19-29(24,26)3/h21,23-26H,4-20H2,1-3H3/t21-,23?,24?,25?,26-,28-,29-/m0/s1. The van der Waals surface area contributed by atoms with Crippen molar-refractivity contribution in [3.8, 4) is 0 Å². The average molecular weight is 445 g/mol. The van der Waals surface area contributed by atoms with Crippen LogP contribution in [0.1, 0.15) is 130 Å². The fourth-order valence-corrected chi connectivity index (χ4v) is 8.63. The molecule has 4 aliphatic carbocycles. The minimum Gasteiger partial charge on any atom is -0.462 e. The topological polar surface area (TPSA) is 43.4 Å². The minimum absolute atomic E-state index is 0.0500. The molecule has 4 aliphatic rings. The Bertz CT molecular complexity index is 671. The average Bonchev–Trinajstić information content (AvgIpc) is 3.10. The summed E-state index contributed by atoms with van der Waals surface area (Å²) in [7, 11) is 0. The lowest BCUT2D eigenvalue weighted by molar-refractivity contribution is -0.164. The third kappa shape index (κ3) is 4.69. The maximum absolute atomic E-state index is 12.6. The Morgan fingerprint density at radius 1 is 0.875 bits per heavy atom. The number of carbonyl (C=O) groups excluding carboxylic acids is 2. The van der Waals surface area contributed by atoms with Gasteiger partial charge < -0.3 is 4.74 Å². The van der Waals surface area contributed by atoms with Crippen molar-refractivity contribution in [3.63, 3.8) is 0 Å². The summed E-state index contributed by atoms with van der Waals surface area (Å²) in [6.07, 6.45) is 19.4. The van der Waals surface area contributed by atoms with Crippen molar-refractivity contribution in [2.75, 3.05) is 0 Å². The van der Waals surface area contributed by atoms with Gasteiger partial charge >= 0.3 is 5.97 Å². The molecule has 0 bridgehead atoms. The monoisotopic (exact) mass is 444 g/mol. The maximum atomic E-state index is 12.6. The van der Waals surface area contributed by atoms with E-state index in [1.807, 2.05) is 0 Å². The zero-order valence-corrected chi connectivity index (χ0v) is 21.1. The van der Waals surface area contributed by atoms with Gasteiger partial charge in [0.15, 0.2) is 0 Å². The van der Waals surface area contributed by atoms with Crippen molar-refractivity contribution < 1.29 is 14.3 Å².